The van der Waals surface area contributed by atoms with E-state index in [9.17, 15) is 4.79 Å². The number of thiazole rings is 1. The molecule has 1 amide bonds. The number of fused-ring (bicyclic) bond motifs is 1. The fourth-order valence-corrected chi connectivity index (χ4v) is 4.15. The van der Waals surface area contributed by atoms with Crippen molar-refractivity contribution in [1.29, 1.82) is 0 Å². The molecule has 2 aromatic heterocycles. The highest BCUT2D eigenvalue weighted by Gasteiger charge is 2.21. The molecule has 4 rings (SSSR count). The van der Waals surface area contributed by atoms with Crippen LogP contribution in [0.5, 0.6) is 5.75 Å². The Morgan fingerprint density at radius 3 is 2.76 bits per heavy atom. The maximum Gasteiger partial charge on any atom is 0.266 e. The highest BCUT2D eigenvalue weighted by molar-refractivity contribution is 7.22. The fourth-order valence-electron chi connectivity index (χ4n) is 2.84. The van der Waals surface area contributed by atoms with Gasteiger partial charge in [0.15, 0.2) is 11.7 Å². The summed E-state index contributed by atoms with van der Waals surface area (Å²) in [6.45, 7) is 2.90. The lowest BCUT2D eigenvalue weighted by molar-refractivity contribution is -0.120. The number of rotatable bonds is 7. The molecule has 0 spiro atoms. The summed E-state index contributed by atoms with van der Waals surface area (Å²) in [7, 11) is 0. The number of hydrogen-bond donors (Lipinski definition) is 0. The van der Waals surface area contributed by atoms with Crippen molar-refractivity contribution in [3.05, 3.63) is 71.5 Å². The van der Waals surface area contributed by atoms with Crippen LogP contribution >= 0.6 is 22.9 Å². The van der Waals surface area contributed by atoms with Gasteiger partial charge in [-0.25, -0.2) is 4.98 Å². The average molecular weight is 427 g/mol. The third-order valence-corrected chi connectivity index (χ3v) is 5.73. The molecule has 0 radical (unpaired) electrons. The second-order valence-corrected chi connectivity index (χ2v) is 7.92. The zero-order valence-corrected chi connectivity index (χ0v) is 17.4. The molecule has 29 heavy (non-hydrogen) atoms. The number of benzene rings is 2. The Labute approximate surface area is 177 Å². The summed E-state index contributed by atoms with van der Waals surface area (Å²) in [5.41, 5.74) is 1.83. The van der Waals surface area contributed by atoms with Gasteiger partial charge in [-0.05, 0) is 37.3 Å². The molecule has 2 heterocycles. The molecule has 0 unspecified atom stereocenters. The maximum atomic E-state index is 13.0. The van der Waals surface area contributed by atoms with Gasteiger partial charge in [0.05, 0.1) is 16.3 Å². The molecule has 148 valence electrons. The molecule has 0 aliphatic heterocycles. The predicted octanol–water partition coefficient (Wildman–Crippen LogP) is 4.57. The van der Waals surface area contributed by atoms with E-state index >= 15 is 0 Å². The number of amides is 1. The molecule has 0 aliphatic carbocycles. The lowest BCUT2D eigenvalue weighted by Crippen LogP contribution is -2.37. The third kappa shape index (κ3) is 4.58. The van der Waals surface area contributed by atoms with Crippen LogP contribution in [0.15, 0.2) is 60.9 Å². The normalized spacial score (nSPS) is 11.0. The van der Waals surface area contributed by atoms with Gasteiger partial charge in [0, 0.05) is 18.9 Å². The number of anilines is 1. The molecular formula is C21H19ClN4O2S. The van der Waals surface area contributed by atoms with Gasteiger partial charge in [-0.3, -0.25) is 14.4 Å². The highest BCUT2D eigenvalue weighted by Crippen LogP contribution is 2.33. The highest BCUT2D eigenvalue weighted by atomic mass is 35.5. The molecule has 8 heteroatoms. The predicted molar refractivity (Wildman–Crippen MR) is 116 cm³/mol. The van der Waals surface area contributed by atoms with Crippen LogP contribution in [0.3, 0.4) is 0 Å². The third-order valence-electron chi connectivity index (χ3n) is 4.39. The van der Waals surface area contributed by atoms with Gasteiger partial charge in [0.2, 0.25) is 0 Å². The molecule has 0 bridgehead atoms. The Hall–Kier alpha value is -2.90. The number of aromatic nitrogens is 3. The van der Waals surface area contributed by atoms with E-state index in [1.54, 1.807) is 21.8 Å². The molecule has 6 nitrogen and oxygen atoms in total. The van der Waals surface area contributed by atoms with Gasteiger partial charge in [0.25, 0.3) is 5.91 Å². The second-order valence-electron chi connectivity index (χ2n) is 6.50. The maximum absolute atomic E-state index is 13.0. The van der Waals surface area contributed by atoms with Gasteiger partial charge < -0.3 is 4.74 Å². The van der Waals surface area contributed by atoms with Crippen LogP contribution in [0.4, 0.5) is 5.13 Å². The molecule has 2 aromatic carbocycles. The van der Waals surface area contributed by atoms with E-state index in [-0.39, 0.29) is 12.5 Å². The van der Waals surface area contributed by atoms with E-state index in [2.05, 4.69) is 10.1 Å². The number of carbonyl (C=O) groups is 1. The summed E-state index contributed by atoms with van der Waals surface area (Å²) in [5, 5.41) is 5.37. The number of halogens is 1. The van der Waals surface area contributed by atoms with Crippen molar-refractivity contribution in [2.24, 2.45) is 0 Å². The molecule has 0 saturated heterocycles. The first kappa shape index (κ1) is 19.4. The average Bonchev–Trinajstić information content (AvgIpc) is 3.38. The number of aryl methyl sites for hydroxylation is 1. The second kappa shape index (κ2) is 8.63. The monoisotopic (exact) mass is 426 g/mol. The minimum Gasteiger partial charge on any atom is -0.484 e. The van der Waals surface area contributed by atoms with Gasteiger partial charge in [0.1, 0.15) is 11.3 Å². The van der Waals surface area contributed by atoms with E-state index < -0.39 is 0 Å². The first-order valence-corrected chi connectivity index (χ1v) is 10.3. The molecule has 0 fully saturated rings. The van der Waals surface area contributed by atoms with E-state index in [1.165, 1.54) is 11.3 Å². The lowest BCUT2D eigenvalue weighted by atomic mass is 10.2. The van der Waals surface area contributed by atoms with Crippen molar-refractivity contribution in [2.45, 2.75) is 13.5 Å². The first-order valence-electron chi connectivity index (χ1n) is 9.12. The number of nitrogens with zero attached hydrogens (tertiary/aromatic N) is 4. The standard InChI is InChI=1S/C21H19ClN4O2S/c1-15-6-8-16(9-7-15)28-14-19(27)26(13-12-25-11-3-10-23-25)21-24-20-17(22)4-2-5-18(20)29-21/h2-11H,12-14H2,1H3. The van der Waals surface area contributed by atoms with Crippen LogP contribution in [0.1, 0.15) is 5.56 Å². The Balaban J connectivity index is 1.55. The van der Waals surface area contributed by atoms with Crippen molar-refractivity contribution in [3.8, 4) is 5.75 Å². The zero-order valence-electron chi connectivity index (χ0n) is 15.8. The quantitative estimate of drug-likeness (QED) is 0.434. The SMILES string of the molecule is Cc1ccc(OCC(=O)N(CCn2cccn2)c2nc3c(Cl)cccc3s2)cc1. The Morgan fingerprint density at radius 1 is 1.21 bits per heavy atom. The Morgan fingerprint density at radius 2 is 2.03 bits per heavy atom. The van der Waals surface area contributed by atoms with Crippen molar-refractivity contribution in [2.75, 3.05) is 18.1 Å². The van der Waals surface area contributed by atoms with E-state index in [0.29, 0.717) is 34.5 Å². The molecule has 0 saturated carbocycles. The van der Waals surface area contributed by atoms with Crippen LogP contribution in [-0.2, 0) is 11.3 Å². The summed E-state index contributed by atoms with van der Waals surface area (Å²) in [6.07, 6.45) is 3.57. The molecule has 0 N–H and O–H groups in total. The van der Waals surface area contributed by atoms with E-state index in [4.69, 9.17) is 16.3 Å². The summed E-state index contributed by atoms with van der Waals surface area (Å²) in [4.78, 5) is 19.3. The zero-order chi connectivity index (χ0) is 20.2. The number of para-hydroxylation sites is 1. The molecule has 0 aliphatic rings. The van der Waals surface area contributed by atoms with Crippen LogP contribution in [0.2, 0.25) is 5.02 Å². The van der Waals surface area contributed by atoms with Crippen molar-refractivity contribution < 1.29 is 9.53 Å². The summed E-state index contributed by atoms with van der Waals surface area (Å²) >= 11 is 7.70. The van der Waals surface area contributed by atoms with Crippen LogP contribution < -0.4 is 9.64 Å². The van der Waals surface area contributed by atoms with Gasteiger partial charge in [-0.2, -0.15) is 5.10 Å². The number of ether oxygens (including phenoxy) is 1. The van der Waals surface area contributed by atoms with E-state index in [1.807, 2.05) is 55.6 Å². The van der Waals surface area contributed by atoms with Crippen molar-refractivity contribution in [1.82, 2.24) is 14.8 Å². The first-order chi connectivity index (χ1) is 14.1. The number of hydrogen-bond acceptors (Lipinski definition) is 5. The lowest BCUT2D eigenvalue weighted by Gasteiger charge is -2.20. The summed E-state index contributed by atoms with van der Waals surface area (Å²) in [6, 6.07) is 15.1. The topological polar surface area (TPSA) is 60.2 Å². The van der Waals surface area contributed by atoms with Crippen molar-refractivity contribution >= 4 is 44.2 Å². The molecule has 4 aromatic rings. The summed E-state index contributed by atoms with van der Waals surface area (Å²) < 4.78 is 8.41. The fraction of sp³-hybridized carbons (Fsp3) is 0.190. The van der Waals surface area contributed by atoms with Crippen molar-refractivity contribution in [3.63, 3.8) is 0 Å². The summed E-state index contributed by atoms with van der Waals surface area (Å²) in [5.74, 6) is 0.483. The minimum absolute atomic E-state index is 0.0776. The largest absolute Gasteiger partial charge is 0.484 e. The molecule has 0 atom stereocenters. The molecular weight excluding hydrogens is 408 g/mol. The van der Waals surface area contributed by atoms with Crippen LogP contribution in [-0.4, -0.2) is 33.8 Å². The minimum atomic E-state index is -0.173. The van der Waals surface area contributed by atoms with Gasteiger partial charge in [-0.15, -0.1) is 0 Å². The Kier molecular flexibility index (Phi) is 5.78. The van der Waals surface area contributed by atoms with Crippen LogP contribution in [0.25, 0.3) is 10.2 Å². The smallest absolute Gasteiger partial charge is 0.266 e. The van der Waals surface area contributed by atoms with Gasteiger partial charge >= 0.3 is 0 Å². The van der Waals surface area contributed by atoms with Crippen LogP contribution in [0, 0.1) is 6.92 Å². The Bertz CT molecular complexity index is 1110. The van der Waals surface area contributed by atoms with Gasteiger partial charge in [-0.1, -0.05) is 46.7 Å². The van der Waals surface area contributed by atoms with E-state index in [0.717, 1.165) is 10.3 Å². The number of carbonyl (C=O) groups excluding carboxylic acids is 1.